The van der Waals surface area contributed by atoms with Crippen molar-refractivity contribution >= 4 is 11.9 Å². The second-order valence-corrected chi connectivity index (χ2v) is 6.35. The van der Waals surface area contributed by atoms with Gasteiger partial charge in [-0.15, -0.1) is 0 Å². The summed E-state index contributed by atoms with van der Waals surface area (Å²) >= 11 is 0. The monoisotopic (exact) mass is 320 g/mol. The zero-order valence-electron chi connectivity index (χ0n) is 14.3. The highest BCUT2D eigenvalue weighted by Crippen LogP contribution is 2.44. The van der Waals surface area contributed by atoms with E-state index >= 15 is 0 Å². The molecule has 0 saturated carbocycles. The maximum absolute atomic E-state index is 12.4. The van der Waals surface area contributed by atoms with Gasteiger partial charge in [0.05, 0.1) is 24.4 Å². The van der Waals surface area contributed by atoms with E-state index in [-0.39, 0.29) is 23.8 Å². The molecule has 0 spiro atoms. The van der Waals surface area contributed by atoms with Crippen LogP contribution in [0.25, 0.3) is 0 Å². The second kappa shape index (κ2) is 8.90. The molecular formula is C19H28O4. The predicted octanol–water partition coefficient (Wildman–Crippen LogP) is 3.96. The van der Waals surface area contributed by atoms with E-state index in [4.69, 9.17) is 9.47 Å². The van der Waals surface area contributed by atoms with Crippen LogP contribution < -0.4 is 0 Å². The Bertz CT molecular complexity index is 448. The number of ether oxygens (including phenoxy) is 2. The van der Waals surface area contributed by atoms with Crippen LogP contribution in [-0.2, 0) is 19.1 Å². The molecule has 128 valence electrons. The van der Waals surface area contributed by atoms with Crippen LogP contribution in [0.15, 0.2) is 23.3 Å². The Morgan fingerprint density at radius 3 is 1.70 bits per heavy atom. The van der Waals surface area contributed by atoms with Crippen molar-refractivity contribution in [2.24, 2.45) is 11.8 Å². The fraction of sp³-hybridized carbons (Fsp3) is 0.684. The number of esters is 2. The minimum atomic E-state index is -0.335. The van der Waals surface area contributed by atoms with E-state index in [0.29, 0.717) is 24.4 Å². The van der Waals surface area contributed by atoms with E-state index in [9.17, 15) is 9.59 Å². The molecule has 0 radical (unpaired) electrons. The lowest BCUT2D eigenvalue weighted by molar-refractivity contribution is -0.142. The van der Waals surface area contributed by atoms with Gasteiger partial charge in [-0.1, -0.05) is 51.7 Å². The van der Waals surface area contributed by atoms with Crippen LogP contribution in [0.1, 0.15) is 58.8 Å². The largest absolute Gasteiger partial charge is 0.462 e. The maximum Gasteiger partial charge on any atom is 0.335 e. The van der Waals surface area contributed by atoms with Crippen LogP contribution in [0.3, 0.4) is 0 Å². The van der Waals surface area contributed by atoms with Crippen LogP contribution >= 0.6 is 0 Å². The lowest BCUT2D eigenvalue weighted by Gasteiger charge is -2.15. The minimum Gasteiger partial charge on any atom is -0.462 e. The Hall–Kier alpha value is -1.58. The summed E-state index contributed by atoms with van der Waals surface area (Å²) in [7, 11) is 0. The van der Waals surface area contributed by atoms with Crippen LogP contribution in [0.5, 0.6) is 0 Å². The molecule has 2 rings (SSSR count). The highest BCUT2D eigenvalue weighted by Gasteiger charge is 2.43. The number of allylic oxidation sites excluding steroid dienone is 2. The molecule has 23 heavy (non-hydrogen) atoms. The molecule has 0 aromatic rings. The van der Waals surface area contributed by atoms with Crippen LogP contribution in [0.2, 0.25) is 0 Å². The first-order valence-corrected chi connectivity index (χ1v) is 8.95. The van der Waals surface area contributed by atoms with Gasteiger partial charge in [-0.25, -0.2) is 9.59 Å². The van der Waals surface area contributed by atoms with Crippen molar-refractivity contribution in [1.82, 2.24) is 0 Å². The van der Waals surface area contributed by atoms with Gasteiger partial charge in [0.2, 0.25) is 0 Å². The average Bonchev–Trinajstić information content (AvgIpc) is 3.16. The van der Waals surface area contributed by atoms with Gasteiger partial charge < -0.3 is 9.47 Å². The van der Waals surface area contributed by atoms with Crippen LogP contribution in [0, 0.1) is 11.8 Å². The minimum absolute atomic E-state index is 0.0249. The quantitative estimate of drug-likeness (QED) is 0.347. The summed E-state index contributed by atoms with van der Waals surface area (Å²) in [6.07, 6.45) is 10.8. The smallest absolute Gasteiger partial charge is 0.335 e. The second-order valence-electron chi connectivity index (χ2n) is 6.35. The van der Waals surface area contributed by atoms with Crippen molar-refractivity contribution in [2.45, 2.75) is 58.8 Å². The fourth-order valence-electron chi connectivity index (χ4n) is 3.24. The van der Waals surface area contributed by atoms with Gasteiger partial charge >= 0.3 is 11.9 Å². The number of rotatable bonds is 10. The highest BCUT2D eigenvalue weighted by atomic mass is 16.5. The highest BCUT2D eigenvalue weighted by molar-refractivity contribution is 6.03. The summed E-state index contributed by atoms with van der Waals surface area (Å²) in [6.45, 7) is 5.07. The standard InChI is InChI=1S/C19H28O4/c1-3-5-7-11-22-18(20)16-14-9-10-15(13-14)17(16)19(21)23-12-8-6-4-2/h9-10,14-15H,3-8,11-13H2,1-2H3. The van der Waals surface area contributed by atoms with Gasteiger partial charge in [-0.05, 0) is 19.3 Å². The molecule has 4 nitrogen and oxygen atoms in total. The van der Waals surface area contributed by atoms with E-state index in [1.165, 1.54) is 0 Å². The van der Waals surface area contributed by atoms with E-state index in [0.717, 1.165) is 44.9 Å². The van der Waals surface area contributed by atoms with Crippen LogP contribution in [-0.4, -0.2) is 25.2 Å². The first-order chi connectivity index (χ1) is 11.2. The lowest BCUT2D eigenvalue weighted by Crippen LogP contribution is -2.20. The Balaban J connectivity index is 1.96. The summed E-state index contributed by atoms with van der Waals surface area (Å²) < 4.78 is 10.7. The summed E-state index contributed by atoms with van der Waals surface area (Å²) in [5, 5.41) is 0. The number of hydrogen-bond donors (Lipinski definition) is 0. The zero-order valence-corrected chi connectivity index (χ0v) is 14.3. The number of hydrogen-bond acceptors (Lipinski definition) is 4. The van der Waals surface area contributed by atoms with Gasteiger partial charge in [-0.3, -0.25) is 0 Å². The molecule has 2 bridgehead atoms. The lowest BCUT2D eigenvalue weighted by atomic mass is 9.97. The molecule has 2 aliphatic rings. The average molecular weight is 320 g/mol. The van der Waals surface area contributed by atoms with E-state index < -0.39 is 0 Å². The van der Waals surface area contributed by atoms with Gasteiger partial charge in [0.15, 0.2) is 0 Å². The number of carbonyl (C=O) groups is 2. The van der Waals surface area contributed by atoms with Crippen molar-refractivity contribution in [1.29, 1.82) is 0 Å². The summed E-state index contributed by atoms with van der Waals surface area (Å²) in [6, 6.07) is 0. The van der Waals surface area contributed by atoms with E-state index in [1.54, 1.807) is 0 Å². The van der Waals surface area contributed by atoms with Gasteiger partial charge in [-0.2, -0.15) is 0 Å². The molecule has 0 amide bonds. The van der Waals surface area contributed by atoms with Crippen LogP contribution in [0.4, 0.5) is 0 Å². The van der Waals surface area contributed by atoms with E-state index in [1.807, 2.05) is 12.2 Å². The van der Waals surface area contributed by atoms with Crippen molar-refractivity contribution in [3.63, 3.8) is 0 Å². The Morgan fingerprint density at radius 1 is 0.870 bits per heavy atom. The summed E-state index contributed by atoms with van der Waals surface area (Å²) in [5.74, 6) is -0.620. The molecule has 0 heterocycles. The normalized spacial score (nSPS) is 21.8. The van der Waals surface area contributed by atoms with Crippen molar-refractivity contribution < 1.29 is 19.1 Å². The Morgan fingerprint density at radius 2 is 1.30 bits per heavy atom. The van der Waals surface area contributed by atoms with Crippen molar-refractivity contribution in [3.8, 4) is 0 Å². The molecule has 0 aliphatic heterocycles. The van der Waals surface area contributed by atoms with Gasteiger partial charge in [0, 0.05) is 11.8 Å². The Labute approximate surface area is 138 Å². The first-order valence-electron chi connectivity index (χ1n) is 8.95. The first kappa shape index (κ1) is 17.8. The number of fused-ring (bicyclic) bond motifs is 2. The zero-order chi connectivity index (χ0) is 16.7. The third-order valence-corrected chi connectivity index (χ3v) is 4.52. The third kappa shape index (κ3) is 4.46. The molecule has 0 aromatic heterocycles. The molecule has 0 fully saturated rings. The predicted molar refractivity (Wildman–Crippen MR) is 88.7 cm³/mol. The van der Waals surface area contributed by atoms with E-state index in [2.05, 4.69) is 13.8 Å². The molecular weight excluding hydrogens is 292 g/mol. The molecule has 2 atom stereocenters. The molecule has 4 heteroatoms. The molecule has 0 aromatic carbocycles. The molecule has 2 aliphatic carbocycles. The van der Waals surface area contributed by atoms with Gasteiger partial charge in [0.1, 0.15) is 0 Å². The number of unbranched alkanes of at least 4 members (excludes halogenated alkanes) is 4. The topological polar surface area (TPSA) is 52.6 Å². The Kier molecular flexibility index (Phi) is 6.87. The summed E-state index contributed by atoms with van der Waals surface area (Å²) in [5.41, 5.74) is 1.07. The van der Waals surface area contributed by atoms with Gasteiger partial charge in [0.25, 0.3) is 0 Å². The SMILES string of the molecule is CCCCCOC(=O)C1=C(C(=O)OCCCCC)C2C=CC1C2. The van der Waals surface area contributed by atoms with Crippen molar-refractivity contribution in [2.75, 3.05) is 13.2 Å². The molecule has 2 unspecified atom stereocenters. The van der Waals surface area contributed by atoms with Crippen molar-refractivity contribution in [3.05, 3.63) is 23.3 Å². The molecule has 0 saturated heterocycles. The third-order valence-electron chi connectivity index (χ3n) is 4.52. The number of carbonyl (C=O) groups excluding carboxylic acids is 2. The molecule has 0 N–H and O–H groups in total. The maximum atomic E-state index is 12.4. The summed E-state index contributed by atoms with van der Waals surface area (Å²) in [4.78, 5) is 24.7. The fourth-order valence-corrected chi connectivity index (χ4v) is 3.24.